The van der Waals surface area contributed by atoms with E-state index in [1.165, 1.54) is 0 Å². The molecule has 0 bridgehead atoms. The van der Waals surface area contributed by atoms with Gasteiger partial charge in [-0.3, -0.25) is 0 Å². The second-order valence-electron chi connectivity index (χ2n) is 3.94. The molecule has 1 aromatic rings. The zero-order valence-corrected chi connectivity index (χ0v) is 8.40. The molecule has 0 aromatic heterocycles. The second kappa shape index (κ2) is 3.37. The number of hydrogen-bond acceptors (Lipinski definition) is 2. The molecule has 0 aliphatic carbocycles. The Morgan fingerprint density at radius 2 is 2.13 bits per heavy atom. The molecule has 2 saturated heterocycles. The minimum absolute atomic E-state index is 0.186. The second-order valence-corrected chi connectivity index (χ2v) is 3.94. The Bertz CT molecular complexity index is 415. The van der Waals surface area contributed by atoms with E-state index in [0.717, 1.165) is 18.6 Å². The third kappa shape index (κ3) is 1.65. The summed E-state index contributed by atoms with van der Waals surface area (Å²) in [6.45, 7) is 1.46. The summed E-state index contributed by atoms with van der Waals surface area (Å²) < 4.78 is 10.9. The minimum atomic E-state index is -0.186. The molecule has 2 heteroatoms. The molecule has 2 nitrogen and oxygen atoms in total. The number of fused-ring (bicyclic) bond motifs is 1. The maximum Gasteiger partial charge on any atom is 0.160 e. The van der Waals surface area contributed by atoms with Gasteiger partial charge in [0, 0.05) is 12.0 Å². The molecule has 2 aliphatic rings. The molecule has 2 fully saturated rings. The Morgan fingerprint density at radius 3 is 2.93 bits per heavy atom. The van der Waals surface area contributed by atoms with Crippen molar-refractivity contribution in [1.82, 2.24) is 0 Å². The number of benzene rings is 1. The van der Waals surface area contributed by atoms with Gasteiger partial charge in [-0.15, -0.1) is 0 Å². The van der Waals surface area contributed by atoms with E-state index in [1.807, 2.05) is 30.3 Å². The molecular formula is C13H12O2. The van der Waals surface area contributed by atoms with Gasteiger partial charge < -0.3 is 9.47 Å². The molecule has 2 aliphatic heterocycles. The fourth-order valence-corrected chi connectivity index (χ4v) is 1.89. The molecule has 2 atom stereocenters. The molecule has 0 saturated carbocycles. The van der Waals surface area contributed by atoms with Crippen LogP contribution in [0.3, 0.4) is 0 Å². The molecule has 0 amide bonds. The first-order valence-corrected chi connectivity index (χ1v) is 5.23. The van der Waals surface area contributed by atoms with Crippen molar-refractivity contribution >= 4 is 0 Å². The van der Waals surface area contributed by atoms with Gasteiger partial charge in [-0.05, 0) is 12.1 Å². The highest BCUT2D eigenvalue weighted by Crippen LogP contribution is 2.42. The van der Waals surface area contributed by atoms with E-state index in [-0.39, 0.29) is 11.7 Å². The molecule has 0 unspecified atom stereocenters. The summed E-state index contributed by atoms with van der Waals surface area (Å²) >= 11 is 0. The normalized spacial score (nSPS) is 32.4. The van der Waals surface area contributed by atoms with Gasteiger partial charge in [0.1, 0.15) is 6.10 Å². The number of hydrogen-bond donors (Lipinski definition) is 0. The molecular weight excluding hydrogens is 188 g/mol. The molecule has 0 spiro atoms. The van der Waals surface area contributed by atoms with E-state index < -0.39 is 0 Å². The summed E-state index contributed by atoms with van der Waals surface area (Å²) in [6, 6.07) is 10.0. The highest BCUT2D eigenvalue weighted by Gasteiger charge is 2.57. The molecule has 0 N–H and O–H groups in total. The van der Waals surface area contributed by atoms with Crippen LogP contribution in [-0.2, 0) is 9.47 Å². The Balaban J connectivity index is 1.79. The Labute approximate surface area is 89.2 Å². The average Bonchev–Trinajstić information content (AvgIpc) is 3.03. The maximum atomic E-state index is 5.59. The predicted octanol–water partition coefficient (Wildman–Crippen LogP) is 1.60. The Hall–Kier alpha value is -1.30. The van der Waals surface area contributed by atoms with Crippen molar-refractivity contribution in [2.45, 2.75) is 18.1 Å². The van der Waals surface area contributed by atoms with Crippen LogP contribution >= 0.6 is 0 Å². The molecule has 3 rings (SSSR count). The van der Waals surface area contributed by atoms with Crippen LogP contribution in [0.15, 0.2) is 30.3 Å². The number of ether oxygens (including phenoxy) is 2. The lowest BCUT2D eigenvalue weighted by Gasteiger charge is -2.11. The SMILES string of the molecule is C(#C[C@]12CCOC[C@H]1O2)c1ccccc1. The number of epoxide rings is 1. The van der Waals surface area contributed by atoms with Crippen LogP contribution in [0.25, 0.3) is 0 Å². The van der Waals surface area contributed by atoms with Crippen molar-refractivity contribution < 1.29 is 9.47 Å². The summed E-state index contributed by atoms with van der Waals surface area (Å²) in [7, 11) is 0. The van der Waals surface area contributed by atoms with Gasteiger partial charge in [0.15, 0.2) is 5.60 Å². The third-order valence-corrected chi connectivity index (χ3v) is 2.89. The van der Waals surface area contributed by atoms with E-state index in [2.05, 4.69) is 11.8 Å². The van der Waals surface area contributed by atoms with Crippen molar-refractivity contribution in [3.05, 3.63) is 35.9 Å². The van der Waals surface area contributed by atoms with E-state index in [1.54, 1.807) is 0 Å². The van der Waals surface area contributed by atoms with E-state index in [0.29, 0.717) is 6.61 Å². The summed E-state index contributed by atoms with van der Waals surface area (Å²) in [5.74, 6) is 6.40. The fourth-order valence-electron chi connectivity index (χ4n) is 1.89. The van der Waals surface area contributed by atoms with Crippen LogP contribution in [0.4, 0.5) is 0 Å². The lowest BCUT2D eigenvalue weighted by molar-refractivity contribution is 0.105. The zero-order valence-electron chi connectivity index (χ0n) is 8.40. The van der Waals surface area contributed by atoms with Crippen LogP contribution in [0.1, 0.15) is 12.0 Å². The van der Waals surface area contributed by atoms with Crippen LogP contribution in [0.5, 0.6) is 0 Å². The molecule has 15 heavy (non-hydrogen) atoms. The first-order chi connectivity index (χ1) is 7.39. The Morgan fingerprint density at radius 1 is 1.27 bits per heavy atom. The topological polar surface area (TPSA) is 21.8 Å². The molecule has 1 aromatic carbocycles. The lowest BCUT2D eigenvalue weighted by atomic mass is 10.0. The van der Waals surface area contributed by atoms with Gasteiger partial charge in [0.05, 0.1) is 13.2 Å². The van der Waals surface area contributed by atoms with Gasteiger partial charge in [-0.1, -0.05) is 30.0 Å². The van der Waals surface area contributed by atoms with E-state index >= 15 is 0 Å². The van der Waals surface area contributed by atoms with Gasteiger partial charge in [-0.2, -0.15) is 0 Å². The minimum Gasteiger partial charge on any atom is -0.378 e. The first-order valence-electron chi connectivity index (χ1n) is 5.23. The highest BCUT2D eigenvalue weighted by molar-refractivity contribution is 5.39. The number of rotatable bonds is 0. The van der Waals surface area contributed by atoms with Crippen LogP contribution in [0, 0.1) is 11.8 Å². The summed E-state index contributed by atoms with van der Waals surface area (Å²) in [5, 5.41) is 0. The van der Waals surface area contributed by atoms with Crippen LogP contribution in [0.2, 0.25) is 0 Å². The fraction of sp³-hybridized carbons (Fsp3) is 0.385. The van der Waals surface area contributed by atoms with Crippen molar-refractivity contribution in [3.63, 3.8) is 0 Å². The van der Waals surface area contributed by atoms with E-state index in [9.17, 15) is 0 Å². The van der Waals surface area contributed by atoms with Crippen LogP contribution < -0.4 is 0 Å². The molecule has 76 valence electrons. The van der Waals surface area contributed by atoms with Gasteiger partial charge in [0.25, 0.3) is 0 Å². The van der Waals surface area contributed by atoms with Gasteiger partial charge in [0.2, 0.25) is 0 Å². The smallest absolute Gasteiger partial charge is 0.160 e. The van der Waals surface area contributed by atoms with Gasteiger partial charge >= 0.3 is 0 Å². The molecule has 2 heterocycles. The summed E-state index contributed by atoms with van der Waals surface area (Å²) in [5.41, 5.74) is 0.862. The van der Waals surface area contributed by atoms with Crippen molar-refractivity contribution in [3.8, 4) is 11.8 Å². The zero-order chi connectivity index (χ0) is 10.1. The van der Waals surface area contributed by atoms with Crippen molar-refractivity contribution in [1.29, 1.82) is 0 Å². The largest absolute Gasteiger partial charge is 0.378 e. The summed E-state index contributed by atoms with van der Waals surface area (Å²) in [6.07, 6.45) is 1.11. The quantitative estimate of drug-likeness (QED) is 0.468. The summed E-state index contributed by atoms with van der Waals surface area (Å²) in [4.78, 5) is 0. The highest BCUT2D eigenvalue weighted by atomic mass is 16.6. The lowest BCUT2D eigenvalue weighted by Crippen LogP contribution is -2.24. The Kier molecular flexibility index (Phi) is 2.02. The monoisotopic (exact) mass is 200 g/mol. The van der Waals surface area contributed by atoms with Crippen molar-refractivity contribution in [2.24, 2.45) is 0 Å². The van der Waals surface area contributed by atoms with E-state index in [4.69, 9.17) is 9.47 Å². The van der Waals surface area contributed by atoms with Gasteiger partial charge in [-0.25, -0.2) is 0 Å². The third-order valence-electron chi connectivity index (χ3n) is 2.89. The average molecular weight is 200 g/mol. The first kappa shape index (κ1) is 8.96. The maximum absolute atomic E-state index is 5.59. The standard InChI is InChI=1S/C13H12O2/c1-2-4-11(5-3-1)6-7-13-8-9-14-10-12(13)15-13/h1-5,12H,8-10H2/t12-,13+/m1/s1. The van der Waals surface area contributed by atoms with Crippen molar-refractivity contribution in [2.75, 3.05) is 13.2 Å². The predicted molar refractivity (Wildman–Crippen MR) is 56.4 cm³/mol. The van der Waals surface area contributed by atoms with Crippen LogP contribution in [-0.4, -0.2) is 24.9 Å². The molecule has 0 radical (unpaired) electrons.